The fourth-order valence-corrected chi connectivity index (χ4v) is 2.15. The standard InChI is InChI=1S/C16H16N2O9/c1-15(2,3)16(4)26-13(20)9(14(21)27-16)5-8-6-10(17(22)23)12(19)11(7-8)18(24)25/h5-7,19H,1-4H3. The third kappa shape index (κ3) is 3.57. The van der Waals surface area contributed by atoms with Crippen molar-refractivity contribution in [3.05, 3.63) is 43.5 Å². The number of esters is 2. The molecule has 1 fully saturated rings. The van der Waals surface area contributed by atoms with E-state index in [2.05, 4.69) is 0 Å². The number of nitro groups is 2. The molecule has 27 heavy (non-hydrogen) atoms. The van der Waals surface area contributed by atoms with Gasteiger partial charge in [-0.05, 0) is 11.6 Å². The summed E-state index contributed by atoms with van der Waals surface area (Å²) in [7, 11) is 0. The average molecular weight is 380 g/mol. The number of nitrogens with zero attached hydrogens (tertiary/aromatic N) is 2. The van der Waals surface area contributed by atoms with Crippen molar-refractivity contribution in [1.29, 1.82) is 0 Å². The Labute approximate surface area is 152 Å². The average Bonchev–Trinajstić information content (AvgIpc) is 2.50. The SMILES string of the molecule is CC(C)(C)C1(C)OC(=O)C(=Cc2cc([N+](=O)[O-])c(O)c([N+](=O)[O-])c2)C(=O)O1. The highest BCUT2D eigenvalue weighted by Crippen LogP contribution is 2.40. The first kappa shape index (κ1) is 19.8. The Balaban J connectivity index is 2.54. The molecule has 0 unspecified atom stereocenters. The molecule has 1 heterocycles. The first-order valence-electron chi connectivity index (χ1n) is 7.61. The normalized spacial score (nSPS) is 19.9. The van der Waals surface area contributed by atoms with Gasteiger partial charge in [0.2, 0.25) is 0 Å². The van der Waals surface area contributed by atoms with Crippen molar-refractivity contribution in [2.45, 2.75) is 33.5 Å². The third-order valence-corrected chi connectivity index (χ3v) is 4.17. The second-order valence-electron chi connectivity index (χ2n) is 6.95. The molecule has 0 amide bonds. The van der Waals surface area contributed by atoms with E-state index < -0.39 is 55.7 Å². The fourth-order valence-electron chi connectivity index (χ4n) is 2.15. The van der Waals surface area contributed by atoms with Gasteiger partial charge in [0.15, 0.2) is 0 Å². The van der Waals surface area contributed by atoms with Crippen LogP contribution < -0.4 is 0 Å². The molecule has 0 aliphatic carbocycles. The van der Waals surface area contributed by atoms with Crippen LogP contribution in [-0.2, 0) is 19.1 Å². The molecule has 0 aromatic heterocycles. The lowest BCUT2D eigenvalue weighted by Crippen LogP contribution is -2.52. The van der Waals surface area contributed by atoms with E-state index in [4.69, 9.17) is 9.47 Å². The number of phenols is 1. The van der Waals surface area contributed by atoms with E-state index in [9.17, 15) is 34.9 Å². The van der Waals surface area contributed by atoms with Crippen LogP contribution in [0, 0.1) is 25.6 Å². The van der Waals surface area contributed by atoms with Crippen molar-refractivity contribution in [2.75, 3.05) is 0 Å². The minimum absolute atomic E-state index is 0.227. The number of hydrogen-bond donors (Lipinski definition) is 1. The number of carbonyl (C=O) groups is 2. The quantitative estimate of drug-likeness (QED) is 0.273. The van der Waals surface area contributed by atoms with Gasteiger partial charge in [-0.25, -0.2) is 9.59 Å². The number of rotatable bonds is 3. The van der Waals surface area contributed by atoms with Crippen molar-refractivity contribution in [1.82, 2.24) is 0 Å². The molecular formula is C16H16N2O9. The van der Waals surface area contributed by atoms with E-state index >= 15 is 0 Å². The topological polar surface area (TPSA) is 159 Å². The van der Waals surface area contributed by atoms with Gasteiger partial charge < -0.3 is 14.6 Å². The predicted molar refractivity (Wildman–Crippen MR) is 89.4 cm³/mol. The van der Waals surface area contributed by atoms with Gasteiger partial charge in [0.05, 0.1) is 9.85 Å². The van der Waals surface area contributed by atoms with Crippen molar-refractivity contribution in [3.63, 3.8) is 0 Å². The van der Waals surface area contributed by atoms with Crippen molar-refractivity contribution in [2.24, 2.45) is 5.41 Å². The van der Waals surface area contributed by atoms with E-state index in [0.29, 0.717) is 0 Å². The first-order chi connectivity index (χ1) is 12.3. The van der Waals surface area contributed by atoms with E-state index in [0.717, 1.165) is 18.2 Å². The van der Waals surface area contributed by atoms with Crippen LogP contribution in [0.1, 0.15) is 33.3 Å². The van der Waals surface area contributed by atoms with Crippen molar-refractivity contribution in [3.8, 4) is 5.75 Å². The second-order valence-corrected chi connectivity index (χ2v) is 6.95. The van der Waals surface area contributed by atoms with E-state index in [1.54, 1.807) is 20.8 Å². The number of aromatic hydroxyl groups is 1. The molecule has 1 aromatic rings. The lowest BCUT2D eigenvalue weighted by atomic mass is 9.85. The number of carbonyl (C=O) groups excluding carboxylic acids is 2. The minimum atomic E-state index is -1.54. The number of hydrogen-bond acceptors (Lipinski definition) is 9. The Bertz CT molecular complexity index is 841. The van der Waals surface area contributed by atoms with Gasteiger partial charge in [0.1, 0.15) is 5.57 Å². The van der Waals surface area contributed by atoms with Crippen LogP contribution in [-0.4, -0.2) is 32.7 Å². The molecule has 1 aromatic carbocycles. The molecule has 1 N–H and O–H groups in total. The molecule has 144 valence electrons. The van der Waals surface area contributed by atoms with Crippen molar-refractivity contribution >= 4 is 29.4 Å². The van der Waals surface area contributed by atoms with Gasteiger partial charge in [-0.15, -0.1) is 0 Å². The fraction of sp³-hybridized carbons (Fsp3) is 0.375. The van der Waals surface area contributed by atoms with E-state index in [1.807, 2.05) is 0 Å². The molecule has 0 atom stereocenters. The summed E-state index contributed by atoms with van der Waals surface area (Å²) in [4.78, 5) is 44.4. The molecule has 1 aliphatic heterocycles. The number of benzene rings is 1. The zero-order valence-electron chi connectivity index (χ0n) is 14.8. The summed E-state index contributed by atoms with van der Waals surface area (Å²) in [6.07, 6.45) is 0.867. The summed E-state index contributed by atoms with van der Waals surface area (Å²) < 4.78 is 10.4. The highest BCUT2D eigenvalue weighted by Gasteiger charge is 2.50. The van der Waals surface area contributed by atoms with Crippen LogP contribution in [0.2, 0.25) is 0 Å². The van der Waals surface area contributed by atoms with E-state index in [1.165, 1.54) is 6.92 Å². The number of phenolic OH excluding ortho intramolecular Hbond substituents is 1. The Morgan fingerprint density at radius 3 is 1.78 bits per heavy atom. The smallest absolute Gasteiger partial charge is 0.348 e. The molecule has 11 heteroatoms. The largest absolute Gasteiger partial charge is 0.497 e. The number of cyclic esters (lactones) is 2. The molecule has 0 radical (unpaired) electrons. The Hall–Kier alpha value is -3.50. The van der Waals surface area contributed by atoms with Crippen LogP contribution in [0.4, 0.5) is 11.4 Å². The highest BCUT2D eigenvalue weighted by molar-refractivity contribution is 6.19. The van der Waals surface area contributed by atoms with Crippen molar-refractivity contribution < 1.29 is 34.0 Å². The van der Waals surface area contributed by atoms with Gasteiger partial charge in [-0.2, -0.15) is 0 Å². The maximum atomic E-state index is 12.3. The maximum absolute atomic E-state index is 12.3. The molecule has 0 bridgehead atoms. The second kappa shape index (κ2) is 6.34. The summed E-state index contributed by atoms with van der Waals surface area (Å²) in [6.45, 7) is 6.48. The Morgan fingerprint density at radius 1 is 1.04 bits per heavy atom. The predicted octanol–water partition coefficient (Wildman–Crippen LogP) is 2.45. The van der Waals surface area contributed by atoms with Gasteiger partial charge in [-0.1, -0.05) is 20.8 Å². The van der Waals surface area contributed by atoms with Crippen LogP contribution in [0.25, 0.3) is 6.08 Å². The number of ether oxygens (including phenoxy) is 2. The first-order valence-corrected chi connectivity index (χ1v) is 7.61. The monoisotopic (exact) mass is 380 g/mol. The summed E-state index contributed by atoms with van der Waals surface area (Å²) in [5, 5.41) is 31.6. The molecule has 1 saturated heterocycles. The molecule has 2 rings (SSSR count). The third-order valence-electron chi connectivity index (χ3n) is 4.17. The van der Waals surface area contributed by atoms with Gasteiger partial charge in [0.25, 0.3) is 11.5 Å². The van der Waals surface area contributed by atoms with Crippen LogP contribution in [0.15, 0.2) is 17.7 Å². The van der Waals surface area contributed by atoms with Crippen LogP contribution >= 0.6 is 0 Å². The maximum Gasteiger partial charge on any atom is 0.348 e. The Kier molecular flexibility index (Phi) is 4.65. The van der Waals surface area contributed by atoms with Crippen LogP contribution in [0.3, 0.4) is 0 Å². The number of nitro benzene ring substituents is 2. The van der Waals surface area contributed by atoms with Gasteiger partial charge in [0, 0.05) is 24.5 Å². The summed E-state index contributed by atoms with van der Waals surface area (Å²) in [6, 6.07) is 1.57. The van der Waals surface area contributed by atoms with E-state index in [-0.39, 0.29) is 5.56 Å². The molecular weight excluding hydrogens is 364 g/mol. The summed E-state index contributed by atoms with van der Waals surface area (Å²) in [5.74, 6) is -4.75. The van der Waals surface area contributed by atoms with Gasteiger partial charge in [-0.3, -0.25) is 20.2 Å². The molecule has 11 nitrogen and oxygen atoms in total. The summed E-state index contributed by atoms with van der Waals surface area (Å²) >= 11 is 0. The highest BCUT2D eigenvalue weighted by atomic mass is 16.7. The Morgan fingerprint density at radius 2 is 1.44 bits per heavy atom. The molecule has 0 saturated carbocycles. The zero-order chi connectivity index (χ0) is 20.7. The lowest BCUT2D eigenvalue weighted by Gasteiger charge is -2.42. The zero-order valence-corrected chi connectivity index (χ0v) is 14.8. The minimum Gasteiger partial charge on any atom is -0.497 e. The van der Waals surface area contributed by atoms with Gasteiger partial charge >= 0.3 is 23.3 Å². The summed E-state index contributed by atoms with van der Waals surface area (Å²) in [5.41, 5.74) is -3.46. The molecule has 0 spiro atoms. The molecule has 1 aliphatic rings. The lowest BCUT2D eigenvalue weighted by molar-refractivity contribution is -0.396. The van der Waals surface area contributed by atoms with Crippen LogP contribution in [0.5, 0.6) is 5.75 Å².